The molecule has 0 N–H and O–H groups in total. The first kappa shape index (κ1) is 16.4. The van der Waals surface area contributed by atoms with Crippen molar-refractivity contribution in [2.75, 3.05) is 6.61 Å². The average Bonchev–Trinajstić information content (AvgIpc) is 2.85. The van der Waals surface area contributed by atoms with Crippen LogP contribution in [0.15, 0.2) is 66.9 Å². The Morgan fingerprint density at radius 3 is 2.50 bits per heavy atom. The normalized spacial score (nSPS) is 12.3. The van der Waals surface area contributed by atoms with Gasteiger partial charge in [-0.1, -0.05) is 60.2 Å². The van der Waals surface area contributed by atoms with Crippen LogP contribution < -0.4 is 0 Å². The van der Waals surface area contributed by atoms with Gasteiger partial charge in [-0.25, -0.2) is 0 Å². The zero-order chi connectivity index (χ0) is 15.9. The number of hydrogen-bond acceptors (Lipinski definition) is 1. The third-order valence-electron chi connectivity index (χ3n) is 3.57. The second kappa shape index (κ2) is 7.86. The molecule has 22 heavy (non-hydrogen) atoms. The molecule has 0 saturated carbocycles. The Morgan fingerprint density at radius 2 is 1.91 bits per heavy atom. The molecule has 114 valence electrons. The van der Waals surface area contributed by atoms with Gasteiger partial charge in [-0.2, -0.15) is 0 Å². The van der Waals surface area contributed by atoms with Crippen molar-refractivity contribution < 1.29 is 4.74 Å². The molecular weight excluding hydrogens is 292 g/mol. The van der Waals surface area contributed by atoms with Crippen molar-refractivity contribution in [3.05, 3.63) is 88.7 Å². The predicted molar refractivity (Wildman–Crippen MR) is 95.1 cm³/mol. The van der Waals surface area contributed by atoms with Crippen LogP contribution in [0.1, 0.15) is 30.5 Å². The first-order chi connectivity index (χ1) is 10.7. The number of ether oxygens (including phenoxy) is 1. The van der Waals surface area contributed by atoms with Crippen LogP contribution >= 0.6 is 11.6 Å². The van der Waals surface area contributed by atoms with E-state index in [4.69, 9.17) is 11.6 Å². The van der Waals surface area contributed by atoms with Crippen molar-refractivity contribution in [3.8, 4) is 0 Å². The topological polar surface area (TPSA) is 9.23 Å². The fraction of sp³-hybridized carbons (Fsp3) is 0.200. The van der Waals surface area contributed by atoms with Gasteiger partial charge in [0.25, 0.3) is 0 Å². The first-order valence-electron chi connectivity index (χ1n) is 7.43. The van der Waals surface area contributed by atoms with Crippen LogP contribution in [0.25, 0.3) is 5.57 Å². The fourth-order valence-corrected chi connectivity index (χ4v) is 2.84. The molecule has 0 aliphatic heterocycles. The van der Waals surface area contributed by atoms with E-state index in [9.17, 15) is 0 Å². The summed E-state index contributed by atoms with van der Waals surface area (Å²) in [5, 5.41) is 0.812. The van der Waals surface area contributed by atoms with Crippen LogP contribution in [0.3, 0.4) is 0 Å². The molecule has 0 heterocycles. The summed E-state index contributed by atoms with van der Waals surface area (Å²) < 4.78 is 4.60. The minimum Gasteiger partial charge on any atom is -0.502 e. The lowest BCUT2D eigenvalue weighted by Gasteiger charge is -2.07. The van der Waals surface area contributed by atoms with Crippen molar-refractivity contribution in [1.82, 2.24) is 0 Å². The van der Waals surface area contributed by atoms with Crippen LogP contribution in [0.4, 0.5) is 0 Å². The molecular formula is C20H21ClO. The molecule has 0 radical (unpaired) electrons. The summed E-state index contributed by atoms with van der Waals surface area (Å²) in [6.07, 6.45) is 2.47. The average molecular weight is 313 g/mol. The van der Waals surface area contributed by atoms with Gasteiger partial charge in [-0.15, -0.1) is 0 Å². The molecule has 2 aromatic rings. The van der Waals surface area contributed by atoms with E-state index in [1.165, 1.54) is 34.1 Å². The highest BCUT2D eigenvalue weighted by molar-refractivity contribution is 6.30. The van der Waals surface area contributed by atoms with Gasteiger partial charge in [0.1, 0.15) is 0 Å². The maximum atomic E-state index is 6.10. The smallest absolute Gasteiger partial charge is 0.0844 e. The van der Waals surface area contributed by atoms with Crippen LogP contribution in [0.5, 0.6) is 0 Å². The molecule has 3 rings (SSSR count). The Bertz CT molecular complexity index is 671. The van der Waals surface area contributed by atoms with Gasteiger partial charge in [0.2, 0.25) is 0 Å². The summed E-state index contributed by atoms with van der Waals surface area (Å²) in [5.41, 5.74) is 6.73. The lowest BCUT2D eigenvalue weighted by atomic mass is 9.98. The van der Waals surface area contributed by atoms with E-state index in [1.54, 1.807) is 0 Å². The Morgan fingerprint density at radius 1 is 1.18 bits per heavy atom. The van der Waals surface area contributed by atoms with Gasteiger partial charge in [0.05, 0.1) is 12.9 Å². The highest BCUT2D eigenvalue weighted by atomic mass is 35.5. The van der Waals surface area contributed by atoms with Crippen LogP contribution in [0, 0.1) is 0 Å². The Balaban J connectivity index is 0.000000309. The molecule has 0 amide bonds. The van der Waals surface area contributed by atoms with Crippen LogP contribution in [-0.2, 0) is 11.2 Å². The van der Waals surface area contributed by atoms with Crippen LogP contribution in [-0.4, -0.2) is 6.61 Å². The summed E-state index contributed by atoms with van der Waals surface area (Å²) >= 11 is 6.10. The van der Waals surface area contributed by atoms with Crippen molar-refractivity contribution in [1.29, 1.82) is 0 Å². The molecule has 2 heteroatoms. The molecule has 0 aromatic heterocycles. The summed E-state index contributed by atoms with van der Waals surface area (Å²) in [5.74, 6) is 0. The highest BCUT2D eigenvalue weighted by Gasteiger charge is 2.19. The number of halogens is 1. The molecule has 0 unspecified atom stereocenters. The van der Waals surface area contributed by atoms with Crippen molar-refractivity contribution in [2.45, 2.75) is 20.3 Å². The minimum absolute atomic E-state index is 0.726. The minimum atomic E-state index is 0.726. The Kier molecular flexibility index (Phi) is 5.85. The first-order valence-corrected chi connectivity index (χ1v) is 7.81. The van der Waals surface area contributed by atoms with Gasteiger partial charge < -0.3 is 4.74 Å². The van der Waals surface area contributed by atoms with Crippen LogP contribution in [0.2, 0.25) is 5.02 Å². The Hall–Kier alpha value is -1.99. The zero-order valence-electron chi connectivity index (χ0n) is 13.1. The second-order valence-electron chi connectivity index (χ2n) is 5.12. The number of fused-ring (bicyclic) bond motifs is 1. The third-order valence-corrected chi connectivity index (χ3v) is 3.81. The van der Waals surface area contributed by atoms with Crippen molar-refractivity contribution in [3.63, 3.8) is 0 Å². The molecule has 0 spiro atoms. The van der Waals surface area contributed by atoms with E-state index in [-0.39, 0.29) is 0 Å². The summed E-state index contributed by atoms with van der Waals surface area (Å²) in [7, 11) is 0. The fourth-order valence-electron chi connectivity index (χ4n) is 2.66. The number of allylic oxidation sites excluding steroid dienone is 1. The number of hydrogen-bond donors (Lipinski definition) is 0. The largest absolute Gasteiger partial charge is 0.502 e. The molecule has 2 aromatic carbocycles. The molecule has 0 fully saturated rings. The highest BCUT2D eigenvalue weighted by Crippen LogP contribution is 2.38. The SMILES string of the molecule is C=COCC.CC1=C(c2ccccc2)c2cc(Cl)ccc2C1. The number of rotatable bonds is 3. The molecule has 0 saturated heterocycles. The molecule has 0 atom stereocenters. The molecule has 1 aliphatic carbocycles. The quantitative estimate of drug-likeness (QED) is 0.643. The summed E-state index contributed by atoms with van der Waals surface area (Å²) in [4.78, 5) is 0. The zero-order valence-corrected chi connectivity index (χ0v) is 13.9. The maximum absolute atomic E-state index is 6.10. The van der Waals surface area contributed by atoms with Gasteiger partial charge in [0, 0.05) is 5.02 Å². The second-order valence-corrected chi connectivity index (χ2v) is 5.56. The Labute approximate surface area is 137 Å². The van der Waals surface area contributed by atoms with Crippen molar-refractivity contribution >= 4 is 17.2 Å². The molecule has 1 nitrogen and oxygen atoms in total. The van der Waals surface area contributed by atoms with E-state index in [0.29, 0.717) is 0 Å². The standard InChI is InChI=1S/C16H13Cl.C4H8O/c1-11-9-13-7-8-14(17)10-15(13)16(11)12-5-3-2-4-6-12;1-3-5-4-2/h2-8,10H,9H2,1H3;3H,1,4H2,2H3. The van der Waals surface area contributed by atoms with E-state index in [2.05, 4.69) is 54.6 Å². The summed E-state index contributed by atoms with van der Waals surface area (Å²) in [6.45, 7) is 8.18. The van der Waals surface area contributed by atoms with E-state index in [1.807, 2.05) is 19.1 Å². The third kappa shape index (κ3) is 3.80. The maximum Gasteiger partial charge on any atom is 0.0844 e. The number of benzene rings is 2. The van der Waals surface area contributed by atoms with E-state index < -0.39 is 0 Å². The monoisotopic (exact) mass is 312 g/mol. The lowest BCUT2D eigenvalue weighted by Crippen LogP contribution is -1.87. The van der Waals surface area contributed by atoms with Gasteiger partial charge >= 0.3 is 0 Å². The van der Waals surface area contributed by atoms with Gasteiger partial charge in [0.15, 0.2) is 0 Å². The van der Waals surface area contributed by atoms with E-state index in [0.717, 1.165) is 18.1 Å². The summed E-state index contributed by atoms with van der Waals surface area (Å²) in [6, 6.07) is 16.7. The van der Waals surface area contributed by atoms with Gasteiger partial charge in [-0.3, -0.25) is 0 Å². The van der Waals surface area contributed by atoms with E-state index >= 15 is 0 Å². The van der Waals surface area contributed by atoms with Gasteiger partial charge in [-0.05, 0) is 54.7 Å². The molecule has 1 aliphatic rings. The van der Waals surface area contributed by atoms with Crippen molar-refractivity contribution in [2.24, 2.45) is 0 Å². The molecule has 0 bridgehead atoms. The predicted octanol–water partition coefficient (Wildman–Crippen LogP) is 5.88. The lowest BCUT2D eigenvalue weighted by molar-refractivity contribution is 0.270.